The molecule has 0 fully saturated rings. The van der Waals surface area contributed by atoms with E-state index in [0.29, 0.717) is 6.04 Å². The third kappa shape index (κ3) is 4.46. The van der Waals surface area contributed by atoms with Gasteiger partial charge in [-0.15, -0.1) is 0 Å². The summed E-state index contributed by atoms with van der Waals surface area (Å²) in [6, 6.07) is 2.79. The van der Waals surface area contributed by atoms with E-state index in [1.54, 1.807) is 0 Å². The Hall–Kier alpha value is -0.800. The molecule has 3 heteroatoms. The summed E-state index contributed by atoms with van der Waals surface area (Å²) < 4.78 is 5.83. The Balaban J connectivity index is 2.55. The average Bonchev–Trinajstić information content (AvgIpc) is 2.69. The molecule has 0 aliphatic carbocycles. The zero-order valence-corrected chi connectivity index (χ0v) is 12.5. The molecule has 1 unspecified atom stereocenters. The summed E-state index contributed by atoms with van der Waals surface area (Å²) in [7, 11) is 2.15. The predicted molar refractivity (Wildman–Crippen MR) is 76.7 cm³/mol. The second-order valence-electron chi connectivity index (χ2n) is 5.14. The molecule has 0 amide bonds. The van der Waals surface area contributed by atoms with Crippen molar-refractivity contribution < 1.29 is 4.42 Å². The fourth-order valence-electron chi connectivity index (χ4n) is 1.95. The minimum atomic E-state index is 0.595. The molecule has 1 atom stereocenters. The largest absolute Gasteiger partial charge is 0.465 e. The standard InChI is InChI=1S/C15H28N2O/c1-6-8-16-10-14-9-15(18-13(14)4)11-17(5)12(3)7-2/h9,12,16H,6-8,10-11H2,1-5H3. The van der Waals surface area contributed by atoms with E-state index in [4.69, 9.17) is 4.42 Å². The van der Waals surface area contributed by atoms with Crippen molar-refractivity contribution in [3.8, 4) is 0 Å². The van der Waals surface area contributed by atoms with Crippen molar-refractivity contribution in [3.05, 3.63) is 23.2 Å². The van der Waals surface area contributed by atoms with Gasteiger partial charge in [0.1, 0.15) is 11.5 Å². The number of hydrogen-bond acceptors (Lipinski definition) is 3. The monoisotopic (exact) mass is 252 g/mol. The molecule has 104 valence electrons. The first-order valence-electron chi connectivity index (χ1n) is 7.07. The van der Waals surface area contributed by atoms with Gasteiger partial charge in [-0.1, -0.05) is 13.8 Å². The third-order valence-corrected chi connectivity index (χ3v) is 3.56. The van der Waals surface area contributed by atoms with Gasteiger partial charge >= 0.3 is 0 Å². The summed E-state index contributed by atoms with van der Waals surface area (Å²) in [6.07, 6.45) is 2.33. The van der Waals surface area contributed by atoms with E-state index in [2.05, 4.69) is 51.0 Å². The molecular weight excluding hydrogens is 224 g/mol. The molecule has 1 aromatic heterocycles. The lowest BCUT2D eigenvalue weighted by molar-refractivity contribution is 0.224. The third-order valence-electron chi connectivity index (χ3n) is 3.56. The molecule has 0 saturated carbocycles. The molecule has 0 radical (unpaired) electrons. The number of aryl methyl sites for hydroxylation is 1. The first-order valence-corrected chi connectivity index (χ1v) is 7.07. The summed E-state index contributed by atoms with van der Waals surface area (Å²) in [5, 5.41) is 3.42. The van der Waals surface area contributed by atoms with Crippen LogP contribution in [0.25, 0.3) is 0 Å². The van der Waals surface area contributed by atoms with Gasteiger partial charge in [-0.3, -0.25) is 4.90 Å². The number of rotatable bonds is 8. The van der Waals surface area contributed by atoms with E-state index in [1.807, 2.05) is 0 Å². The Kier molecular flexibility index (Phi) is 6.44. The summed E-state index contributed by atoms with van der Waals surface area (Å²) >= 11 is 0. The van der Waals surface area contributed by atoms with Gasteiger partial charge in [-0.2, -0.15) is 0 Å². The van der Waals surface area contributed by atoms with E-state index < -0.39 is 0 Å². The molecule has 18 heavy (non-hydrogen) atoms. The van der Waals surface area contributed by atoms with Gasteiger partial charge in [0, 0.05) is 18.2 Å². The number of nitrogens with one attached hydrogen (secondary N) is 1. The molecule has 1 rings (SSSR count). The Labute approximate surface area is 112 Å². The van der Waals surface area contributed by atoms with Crippen LogP contribution in [0.4, 0.5) is 0 Å². The van der Waals surface area contributed by atoms with Crippen molar-refractivity contribution in [2.45, 2.75) is 59.7 Å². The van der Waals surface area contributed by atoms with Crippen molar-refractivity contribution in [1.29, 1.82) is 0 Å². The van der Waals surface area contributed by atoms with Crippen molar-refractivity contribution in [2.75, 3.05) is 13.6 Å². The van der Waals surface area contributed by atoms with Crippen LogP contribution in [0.2, 0.25) is 0 Å². The van der Waals surface area contributed by atoms with Gasteiger partial charge in [-0.05, 0) is 46.3 Å². The molecule has 0 aliphatic heterocycles. The Morgan fingerprint density at radius 2 is 2.11 bits per heavy atom. The topological polar surface area (TPSA) is 28.4 Å². The highest BCUT2D eigenvalue weighted by molar-refractivity contribution is 5.20. The fourth-order valence-corrected chi connectivity index (χ4v) is 1.95. The number of furan rings is 1. The van der Waals surface area contributed by atoms with E-state index in [0.717, 1.165) is 31.2 Å². The van der Waals surface area contributed by atoms with Crippen LogP contribution in [0.5, 0.6) is 0 Å². The van der Waals surface area contributed by atoms with Crippen LogP contribution in [0.1, 0.15) is 50.7 Å². The first kappa shape index (κ1) is 15.3. The zero-order chi connectivity index (χ0) is 13.5. The van der Waals surface area contributed by atoms with Gasteiger partial charge in [-0.25, -0.2) is 0 Å². The van der Waals surface area contributed by atoms with Crippen LogP contribution < -0.4 is 5.32 Å². The zero-order valence-electron chi connectivity index (χ0n) is 12.5. The highest BCUT2D eigenvalue weighted by Gasteiger charge is 2.12. The molecule has 0 saturated heterocycles. The number of hydrogen-bond donors (Lipinski definition) is 1. The minimum absolute atomic E-state index is 0.595. The SMILES string of the molecule is CCCNCc1cc(CN(C)C(C)CC)oc1C. The molecule has 1 N–H and O–H groups in total. The van der Waals surface area contributed by atoms with Crippen LogP contribution in [-0.2, 0) is 13.1 Å². The van der Waals surface area contributed by atoms with Crippen LogP contribution in [0.3, 0.4) is 0 Å². The van der Waals surface area contributed by atoms with Crippen molar-refractivity contribution in [1.82, 2.24) is 10.2 Å². The molecule has 0 aromatic carbocycles. The van der Waals surface area contributed by atoms with Gasteiger partial charge in [0.05, 0.1) is 6.54 Å². The lowest BCUT2D eigenvalue weighted by Crippen LogP contribution is -2.27. The molecular formula is C15H28N2O. The maximum absolute atomic E-state index is 5.83. The lowest BCUT2D eigenvalue weighted by atomic mass is 10.2. The van der Waals surface area contributed by atoms with E-state index in [-0.39, 0.29) is 0 Å². The van der Waals surface area contributed by atoms with Crippen LogP contribution >= 0.6 is 0 Å². The molecule has 1 heterocycles. The predicted octanol–water partition coefficient (Wildman–Crippen LogP) is 3.32. The van der Waals surface area contributed by atoms with Gasteiger partial charge in [0.25, 0.3) is 0 Å². The maximum Gasteiger partial charge on any atom is 0.118 e. The number of nitrogens with zero attached hydrogens (tertiary/aromatic N) is 1. The molecule has 3 nitrogen and oxygen atoms in total. The summed E-state index contributed by atoms with van der Waals surface area (Å²) in [5.41, 5.74) is 1.29. The van der Waals surface area contributed by atoms with E-state index >= 15 is 0 Å². The normalized spacial score (nSPS) is 13.2. The second kappa shape index (κ2) is 7.59. The summed E-state index contributed by atoms with van der Waals surface area (Å²) in [4.78, 5) is 2.33. The molecule has 0 aliphatic rings. The Morgan fingerprint density at radius 3 is 2.72 bits per heavy atom. The first-order chi connectivity index (χ1) is 8.58. The molecule has 0 bridgehead atoms. The molecule has 1 aromatic rings. The van der Waals surface area contributed by atoms with Crippen molar-refractivity contribution >= 4 is 0 Å². The van der Waals surface area contributed by atoms with Gasteiger partial charge in [0.15, 0.2) is 0 Å². The van der Waals surface area contributed by atoms with Crippen molar-refractivity contribution in [3.63, 3.8) is 0 Å². The molecule has 0 spiro atoms. The smallest absolute Gasteiger partial charge is 0.118 e. The van der Waals surface area contributed by atoms with Crippen LogP contribution in [0.15, 0.2) is 10.5 Å². The second-order valence-corrected chi connectivity index (χ2v) is 5.14. The average molecular weight is 252 g/mol. The van der Waals surface area contributed by atoms with Gasteiger partial charge in [0.2, 0.25) is 0 Å². The van der Waals surface area contributed by atoms with Crippen LogP contribution in [-0.4, -0.2) is 24.5 Å². The minimum Gasteiger partial charge on any atom is -0.465 e. The fraction of sp³-hybridized carbons (Fsp3) is 0.733. The van der Waals surface area contributed by atoms with E-state index in [1.165, 1.54) is 18.4 Å². The Bertz CT molecular complexity index is 346. The lowest BCUT2D eigenvalue weighted by Gasteiger charge is -2.21. The highest BCUT2D eigenvalue weighted by Crippen LogP contribution is 2.17. The summed E-state index contributed by atoms with van der Waals surface area (Å²) in [5.74, 6) is 2.12. The highest BCUT2D eigenvalue weighted by atomic mass is 16.3. The maximum atomic E-state index is 5.83. The summed E-state index contributed by atoms with van der Waals surface area (Å²) in [6.45, 7) is 11.6. The quantitative estimate of drug-likeness (QED) is 0.719. The van der Waals surface area contributed by atoms with Crippen molar-refractivity contribution in [2.24, 2.45) is 0 Å². The Morgan fingerprint density at radius 1 is 1.39 bits per heavy atom. The van der Waals surface area contributed by atoms with E-state index in [9.17, 15) is 0 Å². The van der Waals surface area contributed by atoms with Crippen LogP contribution in [0, 0.1) is 6.92 Å². The van der Waals surface area contributed by atoms with Gasteiger partial charge < -0.3 is 9.73 Å².